The van der Waals surface area contributed by atoms with E-state index in [4.69, 9.17) is 0 Å². The van der Waals surface area contributed by atoms with Crippen LogP contribution in [-0.4, -0.2) is 25.4 Å². The lowest BCUT2D eigenvalue weighted by Gasteiger charge is -2.08. The van der Waals surface area contributed by atoms with Gasteiger partial charge in [0.25, 0.3) is 0 Å². The van der Waals surface area contributed by atoms with E-state index in [2.05, 4.69) is 26.8 Å². The van der Waals surface area contributed by atoms with Crippen molar-refractivity contribution in [3.63, 3.8) is 0 Å². The van der Waals surface area contributed by atoms with E-state index in [-0.39, 0.29) is 6.03 Å². The number of urea groups is 1. The van der Waals surface area contributed by atoms with Crippen molar-refractivity contribution in [2.75, 3.05) is 0 Å². The predicted octanol–water partition coefficient (Wildman–Crippen LogP) is 1.66. The highest BCUT2D eigenvalue weighted by atomic mass is 16.2. The molecular weight excluding hydrogens is 304 g/mol. The summed E-state index contributed by atoms with van der Waals surface area (Å²) in [6.45, 7) is 1.65. The molecule has 0 aliphatic heterocycles. The minimum Gasteiger partial charge on any atom is -0.357 e. The molecule has 1 aromatic carbocycles. The van der Waals surface area contributed by atoms with Gasteiger partial charge in [-0.2, -0.15) is 5.10 Å². The van der Waals surface area contributed by atoms with Gasteiger partial charge in [-0.1, -0.05) is 24.3 Å². The third kappa shape index (κ3) is 4.45. The van der Waals surface area contributed by atoms with Gasteiger partial charge in [-0.15, -0.1) is 0 Å². The molecule has 0 saturated carbocycles. The third-order valence-electron chi connectivity index (χ3n) is 3.60. The molecule has 0 aliphatic rings. The standard InChI is InChI=1S/C17H20N6O/c1-22-6-5-16(10-22)9-20-17(24)19-8-14-3-2-4-15(7-14)11-23-13-18-12-21-23/h2-7,10,12-13H,8-9,11H2,1H3,(H2,19,20,24). The van der Waals surface area contributed by atoms with Gasteiger partial charge in [0.2, 0.25) is 0 Å². The first-order valence-electron chi connectivity index (χ1n) is 7.72. The van der Waals surface area contributed by atoms with Crippen LogP contribution < -0.4 is 10.6 Å². The number of rotatable bonds is 6. The summed E-state index contributed by atoms with van der Waals surface area (Å²) in [5.41, 5.74) is 3.23. The highest BCUT2D eigenvalue weighted by Gasteiger charge is 2.03. The first kappa shape index (κ1) is 15.8. The second kappa shape index (κ2) is 7.45. The molecule has 0 unspecified atom stereocenters. The van der Waals surface area contributed by atoms with Gasteiger partial charge in [-0.05, 0) is 22.8 Å². The predicted molar refractivity (Wildman–Crippen MR) is 90.1 cm³/mol. The van der Waals surface area contributed by atoms with Crippen molar-refractivity contribution in [1.82, 2.24) is 30.0 Å². The van der Waals surface area contributed by atoms with Gasteiger partial charge in [-0.25, -0.2) is 14.5 Å². The minimum absolute atomic E-state index is 0.180. The second-order valence-corrected chi connectivity index (χ2v) is 5.63. The SMILES string of the molecule is Cn1ccc(CNC(=O)NCc2cccc(Cn3cncn3)c2)c1. The Kier molecular flexibility index (Phi) is 4.90. The number of nitrogens with one attached hydrogen (secondary N) is 2. The molecule has 0 bridgehead atoms. The number of hydrogen-bond acceptors (Lipinski definition) is 3. The van der Waals surface area contributed by atoms with Gasteiger partial charge in [-0.3, -0.25) is 0 Å². The normalized spacial score (nSPS) is 10.5. The van der Waals surface area contributed by atoms with Crippen LogP contribution >= 0.6 is 0 Å². The molecule has 0 radical (unpaired) electrons. The van der Waals surface area contributed by atoms with E-state index >= 15 is 0 Å². The van der Waals surface area contributed by atoms with E-state index in [1.165, 1.54) is 6.33 Å². The molecular formula is C17H20N6O. The molecule has 0 aliphatic carbocycles. The number of nitrogens with zero attached hydrogens (tertiary/aromatic N) is 4. The number of aromatic nitrogens is 4. The zero-order valence-corrected chi connectivity index (χ0v) is 13.5. The van der Waals surface area contributed by atoms with E-state index in [9.17, 15) is 4.79 Å². The third-order valence-corrected chi connectivity index (χ3v) is 3.60. The fourth-order valence-corrected chi connectivity index (χ4v) is 2.43. The lowest BCUT2D eigenvalue weighted by Crippen LogP contribution is -2.34. The zero-order chi connectivity index (χ0) is 16.8. The first-order chi connectivity index (χ1) is 11.7. The molecule has 124 valence electrons. The summed E-state index contributed by atoms with van der Waals surface area (Å²) in [5, 5.41) is 9.81. The van der Waals surface area contributed by atoms with Gasteiger partial charge in [0.1, 0.15) is 12.7 Å². The van der Waals surface area contributed by atoms with E-state index in [1.54, 1.807) is 11.0 Å². The number of aryl methyl sites for hydroxylation is 1. The number of hydrogen-bond donors (Lipinski definition) is 2. The molecule has 0 spiro atoms. The first-order valence-corrected chi connectivity index (χ1v) is 7.72. The Morgan fingerprint density at radius 2 is 1.92 bits per heavy atom. The van der Waals surface area contributed by atoms with Crippen LogP contribution in [0.5, 0.6) is 0 Å². The van der Waals surface area contributed by atoms with Crippen molar-refractivity contribution >= 4 is 6.03 Å². The number of carbonyl (C=O) groups excluding carboxylic acids is 1. The second-order valence-electron chi connectivity index (χ2n) is 5.63. The lowest BCUT2D eigenvalue weighted by atomic mass is 10.1. The van der Waals surface area contributed by atoms with Gasteiger partial charge in [0, 0.05) is 32.5 Å². The maximum atomic E-state index is 11.9. The zero-order valence-electron chi connectivity index (χ0n) is 13.5. The highest BCUT2D eigenvalue weighted by Crippen LogP contribution is 2.06. The van der Waals surface area contributed by atoms with E-state index < -0.39 is 0 Å². The molecule has 7 heteroatoms. The van der Waals surface area contributed by atoms with Crippen molar-refractivity contribution in [2.45, 2.75) is 19.6 Å². The fraction of sp³-hybridized carbons (Fsp3) is 0.235. The van der Waals surface area contributed by atoms with Crippen molar-refractivity contribution in [1.29, 1.82) is 0 Å². The van der Waals surface area contributed by atoms with Crippen LogP contribution in [0.1, 0.15) is 16.7 Å². The Morgan fingerprint density at radius 3 is 2.62 bits per heavy atom. The van der Waals surface area contributed by atoms with Crippen LogP contribution in [0.3, 0.4) is 0 Å². The van der Waals surface area contributed by atoms with Crippen LogP contribution in [0.4, 0.5) is 4.79 Å². The summed E-state index contributed by atoms with van der Waals surface area (Å²) in [6.07, 6.45) is 7.13. The van der Waals surface area contributed by atoms with Crippen LogP contribution in [0.2, 0.25) is 0 Å². The average Bonchev–Trinajstić information content (AvgIpc) is 3.23. The monoisotopic (exact) mass is 324 g/mol. The Labute approximate surface area is 140 Å². The summed E-state index contributed by atoms with van der Waals surface area (Å²) in [5.74, 6) is 0. The molecule has 2 aromatic heterocycles. The quantitative estimate of drug-likeness (QED) is 0.724. The number of benzene rings is 1. The molecule has 0 fully saturated rings. The van der Waals surface area contributed by atoms with Gasteiger partial charge >= 0.3 is 6.03 Å². The average molecular weight is 324 g/mol. The topological polar surface area (TPSA) is 76.8 Å². The number of carbonyl (C=O) groups is 1. The molecule has 0 atom stereocenters. The Morgan fingerprint density at radius 1 is 1.12 bits per heavy atom. The molecule has 7 nitrogen and oxygen atoms in total. The molecule has 24 heavy (non-hydrogen) atoms. The lowest BCUT2D eigenvalue weighted by molar-refractivity contribution is 0.240. The summed E-state index contributed by atoms with van der Waals surface area (Å²) < 4.78 is 3.72. The smallest absolute Gasteiger partial charge is 0.315 e. The van der Waals surface area contributed by atoms with Crippen LogP contribution in [0.25, 0.3) is 0 Å². The van der Waals surface area contributed by atoms with Crippen LogP contribution in [0.15, 0.2) is 55.4 Å². The molecule has 3 rings (SSSR count). The molecule has 3 aromatic rings. The summed E-state index contributed by atoms with van der Waals surface area (Å²) in [6, 6.07) is 9.85. The molecule has 2 N–H and O–H groups in total. The maximum Gasteiger partial charge on any atom is 0.315 e. The van der Waals surface area contributed by atoms with E-state index in [0.717, 1.165) is 16.7 Å². The molecule has 2 amide bonds. The Bertz CT molecular complexity index is 793. The van der Waals surface area contributed by atoms with Crippen molar-refractivity contribution in [3.8, 4) is 0 Å². The van der Waals surface area contributed by atoms with Crippen molar-refractivity contribution < 1.29 is 4.79 Å². The largest absolute Gasteiger partial charge is 0.357 e. The molecule has 2 heterocycles. The van der Waals surface area contributed by atoms with Gasteiger partial charge in [0.15, 0.2) is 0 Å². The van der Waals surface area contributed by atoms with Crippen molar-refractivity contribution in [3.05, 3.63) is 72.1 Å². The number of amides is 2. The summed E-state index contributed by atoms with van der Waals surface area (Å²) >= 11 is 0. The van der Waals surface area contributed by atoms with Crippen LogP contribution in [0, 0.1) is 0 Å². The minimum atomic E-state index is -0.180. The highest BCUT2D eigenvalue weighted by molar-refractivity contribution is 5.73. The van der Waals surface area contributed by atoms with E-state index in [1.807, 2.05) is 48.3 Å². The Balaban J connectivity index is 1.48. The summed E-state index contributed by atoms with van der Waals surface area (Å²) in [4.78, 5) is 15.8. The van der Waals surface area contributed by atoms with Crippen LogP contribution in [-0.2, 0) is 26.7 Å². The maximum absolute atomic E-state index is 11.9. The van der Waals surface area contributed by atoms with Crippen molar-refractivity contribution in [2.24, 2.45) is 7.05 Å². The molecule has 0 saturated heterocycles. The van der Waals surface area contributed by atoms with Gasteiger partial charge < -0.3 is 15.2 Å². The summed E-state index contributed by atoms with van der Waals surface area (Å²) in [7, 11) is 1.95. The van der Waals surface area contributed by atoms with Gasteiger partial charge in [0.05, 0.1) is 6.54 Å². The van der Waals surface area contributed by atoms with E-state index in [0.29, 0.717) is 19.6 Å². The Hall–Kier alpha value is -3.09. The fourth-order valence-electron chi connectivity index (χ4n) is 2.43.